The maximum absolute atomic E-state index is 3.33. The molecule has 1 nitrogen and oxygen atoms in total. The van der Waals surface area contributed by atoms with E-state index >= 15 is 0 Å². The molecule has 1 N–H and O–H groups in total. The first-order valence-corrected chi connectivity index (χ1v) is 5.18. The molecule has 1 heteroatoms. The van der Waals surface area contributed by atoms with Crippen LogP contribution in [0.15, 0.2) is 11.1 Å². The lowest BCUT2D eigenvalue weighted by Crippen LogP contribution is -2.36. The zero-order valence-electron chi connectivity index (χ0n) is 8.19. The summed E-state index contributed by atoms with van der Waals surface area (Å²) in [6.45, 7) is 7.15. The molecular formula is C11H19N. The lowest BCUT2D eigenvalue weighted by molar-refractivity contribution is 0.319. The van der Waals surface area contributed by atoms with E-state index in [-0.39, 0.29) is 0 Å². The Kier molecular flexibility index (Phi) is 2.22. The van der Waals surface area contributed by atoms with Crippen LogP contribution in [0.4, 0.5) is 0 Å². The summed E-state index contributed by atoms with van der Waals surface area (Å²) in [5.41, 5.74) is 3.49. The molecule has 0 aromatic heterocycles. The third kappa shape index (κ3) is 1.42. The SMILES string of the molecule is CC1CCC(=C2CNC2)CC1C. The van der Waals surface area contributed by atoms with Crippen molar-refractivity contribution < 1.29 is 0 Å². The van der Waals surface area contributed by atoms with E-state index in [1.807, 2.05) is 0 Å². The van der Waals surface area contributed by atoms with Gasteiger partial charge in [0.2, 0.25) is 0 Å². The Balaban J connectivity index is 2.02. The van der Waals surface area contributed by atoms with Crippen LogP contribution >= 0.6 is 0 Å². The molecule has 1 aliphatic carbocycles. The molecule has 12 heavy (non-hydrogen) atoms. The van der Waals surface area contributed by atoms with Crippen LogP contribution in [-0.4, -0.2) is 13.1 Å². The van der Waals surface area contributed by atoms with Gasteiger partial charge in [0, 0.05) is 13.1 Å². The van der Waals surface area contributed by atoms with Gasteiger partial charge in [0.1, 0.15) is 0 Å². The van der Waals surface area contributed by atoms with Crippen LogP contribution in [0.1, 0.15) is 33.1 Å². The van der Waals surface area contributed by atoms with Gasteiger partial charge in [0.05, 0.1) is 0 Å². The first-order chi connectivity index (χ1) is 5.77. The van der Waals surface area contributed by atoms with E-state index in [1.54, 1.807) is 11.1 Å². The molecule has 2 aliphatic rings. The third-order valence-corrected chi connectivity index (χ3v) is 3.62. The predicted molar refractivity (Wildman–Crippen MR) is 52.1 cm³/mol. The second kappa shape index (κ2) is 3.21. The highest BCUT2D eigenvalue weighted by molar-refractivity contribution is 5.24. The van der Waals surface area contributed by atoms with Crippen LogP contribution in [0.2, 0.25) is 0 Å². The van der Waals surface area contributed by atoms with Crippen molar-refractivity contribution in [2.75, 3.05) is 13.1 Å². The minimum Gasteiger partial charge on any atom is -0.309 e. The van der Waals surface area contributed by atoms with E-state index in [1.165, 1.54) is 32.4 Å². The summed E-state index contributed by atoms with van der Waals surface area (Å²) in [5.74, 6) is 1.87. The van der Waals surface area contributed by atoms with Gasteiger partial charge >= 0.3 is 0 Å². The Bertz CT molecular complexity index is 199. The second-order valence-corrected chi connectivity index (χ2v) is 4.51. The van der Waals surface area contributed by atoms with Crippen LogP contribution in [-0.2, 0) is 0 Å². The molecule has 1 saturated carbocycles. The molecule has 0 aromatic rings. The topological polar surface area (TPSA) is 12.0 Å². The highest BCUT2D eigenvalue weighted by Gasteiger charge is 2.23. The third-order valence-electron chi connectivity index (χ3n) is 3.62. The van der Waals surface area contributed by atoms with E-state index in [0.717, 1.165) is 11.8 Å². The smallest absolute Gasteiger partial charge is 0.0183 e. The lowest BCUT2D eigenvalue weighted by Gasteiger charge is -2.32. The number of allylic oxidation sites excluding steroid dienone is 1. The minimum absolute atomic E-state index is 0.918. The molecule has 2 rings (SSSR count). The van der Waals surface area contributed by atoms with Crippen molar-refractivity contribution in [2.45, 2.75) is 33.1 Å². The highest BCUT2D eigenvalue weighted by Crippen LogP contribution is 2.34. The maximum Gasteiger partial charge on any atom is 0.0183 e. The predicted octanol–water partition coefficient (Wildman–Crippen LogP) is 2.34. The average molecular weight is 165 g/mol. The largest absolute Gasteiger partial charge is 0.309 e. The Morgan fingerprint density at radius 1 is 1.08 bits per heavy atom. The van der Waals surface area contributed by atoms with Crippen LogP contribution in [0.5, 0.6) is 0 Å². The summed E-state index contributed by atoms with van der Waals surface area (Å²) >= 11 is 0. The van der Waals surface area contributed by atoms with Gasteiger partial charge in [-0.05, 0) is 36.7 Å². The zero-order valence-corrected chi connectivity index (χ0v) is 8.19. The zero-order chi connectivity index (χ0) is 8.55. The summed E-state index contributed by atoms with van der Waals surface area (Å²) in [4.78, 5) is 0. The molecule has 1 heterocycles. The Morgan fingerprint density at radius 3 is 2.33 bits per heavy atom. The van der Waals surface area contributed by atoms with Gasteiger partial charge in [-0.1, -0.05) is 19.4 Å². The molecule has 0 spiro atoms. The van der Waals surface area contributed by atoms with Crippen LogP contribution in [0.25, 0.3) is 0 Å². The maximum atomic E-state index is 3.33. The lowest BCUT2D eigenvalue weighted by atomic mass is 9.77. The average Bonchev–Trinajstić information content (AvgIpc) is 1.93. The summed E-state index contributed by atoms with van der Waals surface area (Å²) in [5, 5.41) is 3.33. The van der Waals surface area contributed by atoms with E-state index in [0.29, 0.717) is 0 Å². The molecule has 0 aromatic carbocycles. The van der Waals surface area contributed by atoms with Crippen LogP contribution < -0.4 is 5.32 Å². The molecular weight excluding hydrogens is 146 g/mol. The Labute approximate surface area is 75.2 Å². The number of hydrogen-bond donors (Lipinski definition) is 1. The molecule has 1 saturated heterocycles. The van der Waals surface area contributed by atoms with E-state index in [2.05, 4.69) is 19.2 Å². The van der Waals surface area contributed by atoms with Gasteiger partial charge in [-0.3, -0.25) is 0 Å². The van der Waals surface area contributed by atoms with Gasteiger partial charge in [0.15, 0.2) is 0 Å². The van der Waals surface area contributed by atoms with Gasteiger partial charge in [0.25, 0.3) is 0 Å². The summed E-state index contributed by atoms with van der Waals surface area (Å²) in [6, 6.07) is 0. The fraction of sp³-hybridized carbons (Fsp3) is 0.818. The van der Waals surface area contributed by atoms with Gasteiger partial charge < -0.3 is 5.32 Å². The molecule has 2 fully saturated rings. The number of rotatable bonds is 0. The summed E-state index contributed by atoms with van der Waals surface area (Å²) < 4.78 is 0. The van der Waals surface area contributed by atoms with E-state index in [9.17, 15) is 0 Å². The summed E-state index contributed by atoms with van der Waals surface area (Å²) in [7, 11) is 0. The van der Waals surface area contributed by atoms with Gasteiger partial charge in [-0.2, -0.15) is 0 Å². The van der Waals surface area contributed by atoms with Crippen molar-refractivity contribution in [3.8, 4) is 0 Å². The second-order valence-electron chi connectivity index (χ2n) is 4.51. The fourth-order valence-corrected chi connectivity index (χ4v) is 2.20. The van der Waals surface area contributed by atoms with Gasteiger partial charge in [-0.25, -0.2) is 0 Å². The minimum atomic E-state index is 0.918. The molecule has 68 valence electrons. The highest BCUT2D eigenvalue weighted by atomic mass is 14.9. The Morgan fingerprint density at radius 2 is 1.83 bits per heavy atom. The fourth-order valence-electron chi connectivity index (χ4n) is 2.20. The van der Waals surface area contributed by atoms with Crippen LogP contribution in [0.3, 0.4) is 0 Å². The Hall–Kier alpha value is -0.300. The first kappa shape index (κ1) is 8.31. The number of hydrogen-bond acceptors (Lipinski definition) is 1. The van der Waals surface area contributed by atoms with Crippen molar-refractivity contribution in [3.05, 3.63) is 11.1 Å². The molecule has 0 bridgehead atoms. The first-order valence-electron chi connectivity index (χ1n) is 5.18. The molecule has 1 aliphatic heterocycles. The molecule has 2 unspecified atom stereocenters. The monoisotopic (exact) mass is 165 g/mol. The van der Waals surface area contributed by atoms with Gasteiger partial charge in [-0.15, -0.1) is 0 Å². The quantitative estimate of drug-likeness (QED) is 0.543. The van der Waals surface area contributed by atoms with Crippen molar-refractivity contribution in [1.82, 2.24) is 5.32 Å². The van der Waals surface area contributed by atoms with Crippen molar-refractivity contribution in [1.29, 1.82) is 0 Å². The molecule has 0 radical (unpaired) electrons. The standard InChI is InChI=1S/C11H19N/c1-8-3-4-10(5-9(8)2)11-6-12-7-11/h8-9,12H,3-7H2,1-2H3. The van der Waals surface area contributed by atoms with Crippen LogP contribution in [0, 0.1) is 11.8 Å². The van der Waals surface area contributed by atoms with Crippen molar-refractivity contribution >= 4 is 0 Å². The van der Waals surface area contributed by atoms with E-state index < -0.39 is 0 Å². The summed E-state index contributed by atoms with van der Waals surface area (Å²) in [6.07, 6.45) is 4.17. The molecule has 2 atom stereocenters. The van der Waals surface area contributed by atoms with Crippen molar-refractivity contribution in [3.63, 3.8) is 0 Å². The van der Waals surface area contributed by atoms with Crippen molar-refractivity contribution in [2.24, 2.45) is 11.8 Å². The van der Waals surface area contributed by atoms with E-state index in [4.69, 9.17) is 0 Å². The normalized spacial score (nSPS) is 36.5. The number of nitrogens with one attached hydrogen (secondary N) is 1. The molecule has 0 amide bonds.